The first kappa shape index (κ1) is 36.2. The Balaban J connectivity index is 1.57. The number of rotatable bonds is 14. The molecule has 1 N–H and O–H groups in total. The Hall–Kier alpha value is -4.12. The van der Waals surface area contributed by atoms with Gasteiger partial charge in [0.05, 0.1) is 27.2 Å². The number of anilines is 1. The topological polar surface area (TPSA) is 96.0 Å². The molecule has 0 heterocycles. The van der Waals surface area contributed by atoms with Crippen molar-refractivity contribution in [2.75, 3.05) is 17.5 Å². The zero-order chi connectivity index (χ0) is 35.0. The monoisotopic (exact) mass is 725 g/mol. The average molecular weight is 727 g/mol. The molecule has 0 radical (unpaired) electrons. The third-order valence-corrected chi connectivity index (χ3v) is 11.0. The molecule has 1 fully saturated rings. The number of ether oxygens (including phenoxy) is 1. The van der Waals surface area contributed by atoms with Crippen molar-refractivity contribution in [3.63, 3.8) is 0 Å². The summed E-state index contributed by atoms with van der Waals surface area (Å²) in [7, 11) is -4.39. The van der Waals surface area contributed by atoms with E-state index in [1.54, 1.807) is 30.3 Å². The van der Waals surface area contributed by atoms with Crippen LogP contribution in [0.5, 0.6) is 5.75 Å². The Morgan fingerprint density at radius 3 is 2.20 bits per heavy atom. The van der Waals surface area contributed by atoms with Crippen LogP contribution in [0.3, 0.4) is 0 Å². The third-order valence-electron chi connectivity index (χ3n) is 8.43. The minimum absolute atomic E-state index is 0.0214. The van der Waals surface area contributed by atoms with Gasteiger partial charge in [0.25, 0.3) is 10.0 Å². The van der Waals surface area contributed by atoms with Gasteiger partial charge in [0.2, 0.25) is 11.8 Å². The molecule has 0 unspecified atom stereocenters. The fourth-order valence-electron chi connectivity index (χ4n) is 5.89. The van der Waals surface area contributed by atoms with Crippen LogP contribution in [0.2, 0.25) is 10.0 Å². The van der Waals surface area contributed by atoms with Crippen molar-refractivity contribution in [3.8, 4) is 5.75 Å². The minimum Gasteiger partial charge on any atom is -0.494 e. The number of carbonyl (C=O) groups excluding carboxylic acids is 2. The zero-order valence-corrected chi connectivity index (χ0v) is 29.4. The fraction of sp³-hybridized carbons (Fsp3) is 0.297. The van der Waals surface area contributed by atoms with Gasteiger partial charge in [-0.3, -0.25) is 13.9 Å². The summed E-state index contributed by atoms with van der Waals surface area (Å²) in [5, 5.41) is 3.75. The zero-order valence-electron chi connectivity index (χ0n) is 27.0. The van der Waals surface area contributed by atoms with Gasteiger partial charge in [-0.15, -0.1) is 0 Å². The molecule has 4 aromatic carbocycles. The van der Waals surface area contributed by atoms with E-state index < -0.39 is 34.3 Å². The molecule has 0 bridgehead atoms. The molecule has 1 aliphatic carbocycles. The van der Waals surface area contributed by atoms with Gasteiger partial charge < -0.3 is 15.0 Å². The van der Waals surface area contributed by atoms with Crippen LogP contribution in [0, 0.1) is 5.82 Å². The molecule has 1 atom stereocenters. The maximum Gasteiger partial charge on any atom is 0.264 e. The molecule has 5 rings (SSSR count). The van der Waals surface area contributed by atoms with Crippen LogP contribution in [0.25, 0.3) is 0 Å². The highest BCUT2D eigenvalue weighted by Crippen LogP contribution is 2.29. The Morgan fingerprint density at radius 2 is 1.57 bits per heavy atom. The van der Waals surface area contributed by atoms with Crippen LogP contribution in [-0.2, 0) is 32.6 Å². The van der Waals surface area contributed by atoms with E-state index in [0.717, 1.165) is 59.8 Å². The Kier molecular flexibility index (Phi) is 12.2. The van der Waals surface area contributed by atoms with Gasteiger partial charge in [0, 0.05) is 19.0 Å². The molecule has 12 heteroatoms. The normalized spacial score (nSPS) is 13.9. The Bertz CT molecular complexity index is 1840. The van der Waals surface area contributed by atoms with Crippen LogP contribution in [0.4, 0.5) is 10.1 Å². The number of hydrogen-bond donors (Lipinski definition) is 1. The van der Waals surface area contributed by atoms with Gasteiger partial charge in [-0.05, 0) is 91.6 Å². The summed E-state index contributed by atoms with van der Waals surface area (Å²) in [6.45, 7) is 1.52. The van der Waals surface area contributed by atoms with Crippen molar-refractivity contribution >= 4 is 50.7 Å². The standard InChI is InChI=1S/C37H38Cl2FN3O5S/c1-2-48-31-17-15-30(16-18-31)43(49(46,47)32-19-13-28(40)14-20-32)25-36(44)42(24-27-12-21-33(38)34(39)22-27)35(23-26-8-4-3-5-9-26)37(45)41-29-10-6-7-11-29/h3-5,8-9,12-22,29,35H,2,6-7,10-11,23-25H2,1H3,(H,41,45)/t35-/m1/s1. The largest absolute Gasteiger partial charge is 0.494 e. The lowest BCUT2D eigenvalue weighted by Crippen LogP contribution is -2.54. The summed E-state index contributed by atoms with van der Waals surface area (Å²) in [4.78, 5) is 30.0. The molecular weight excluding hydrogens is 688 g/mol. The predicted molar refractivity (Wildman–Crippen MR) is 190 cm³/mol. The van der Waals surface area contributed by atoms with Crippen molar-refractivity contribution in [3.05, 3.63) is 124 Å². The molecule has 8 nitrogen and oxygen atoms in total. The molecule has 0 saturated heterocycles. The number of amides is 2. The second-order valence-corrected chi connectivity index (χ2v) is 14.5. The van der Waals surface area contributed by atoms with E-state index in [4.69, 9.17) is 27.9 Å². The van der Waals surface area contributed by atoms with Crippen LogP contribution < -0.4 is 14.4 Å². The molecule has 4 aromatic rings. The highest BCUT2D eigenvalue weighted by atomic mass is 35.5. The van der Waals surface area contributed by atoms with Crippen molar-refractivity contribution in [1.29, 1.82) is 0 Å². The van der Waals surface area contributed by atoms with Crippen molar-refractivity contribution in [2.45, 2.75) is 62.6 Å². The number of benzene rings is 4. The number of sulfonamides is 1. The maximum atomic E-state index is 14.7. The second kappa shape index (κ2) is 16.5. The second-order valence-electron chi connectivity index (χ2n) is 11.9. The third kappa shape index (κ3) is 9.32. The molecule has 2 amide bonds. The van der Waals surface area contributed by atoms with Crippen LogP contribution >= 0.6 is 23.2 Å². The molecule has 1 aliphatic rings. The molecular formula is C37H38Cl2FN3O5S. The fourth-order valence-corrected chi connectivity index (χ4v) is 7.63. The number of carbonyl (C=O) groups is 2. The van der Waals surface area contributed by atoms with Gasteiger partial charge in [-0.25, -0.2) is 12.8 Å². The first-order valence-corrected chi connectivity index (χ1v) is 18.3. The first-order chi connectivity index (χ1) is 23.5. The highest BCUT2D eigenvalue weighted by Gasteiger charge is 2.35. The van der Waals surface area contributed by atoms with E-state index in [-0.39, 0.29) is 40.5 Å². The quantitative estimate of drug-likeness (QED) is 0.146. The summed E-state index contributed by atoms with van der Waals surface area (Å²) in [6, 6.07) is 23.9. The smallest absolute Gasteiger partial charge is 0.264 e. The molecule has 0 spiro atoms. The number of nitrogens with zero attached hydrogens (tertiary/aromatic N) is 2. The van der Waals surface area contributed by atoms with Gasteiger partial charge in [-0.2, -0.15) is 0 Å². The van der Waals surface area contributed by atoms with Crippen molar-refractivity contribution < 1.29 is 27.1 Å². The summed E-state index contributed by atoms with van der Waals surface area (Å²) in [5.41, 5.74) is 1.61. The van der Waals surface area contributed by atoms with Crippen LogP contribution in [0.15, 0.2) is 102 Å². The van der Waals surface area contributed by atoms with Crippen molar-refractivity contribution in [2.24, 2.45) is 0 Å². The van der Waals surface area contributed by atoms with Crippen molar-refractivity contribution in [1.82, 2.24) is 10.2 Å². The average Bonchev–Trinajstić information content (AvgIpc) is 3.61. The lowest BCUT2D eigenvalue weighted by Gasteiger charge is -2.34. The van der Waals surface area contributed by atoms with E-state index in [1.807, 2.05) is 37.3 Å². The Morgan fingerprint density at radius 1 is 0.898 bits per heavy atom. The molecule has 0 aliphatic heterocycles. The van der Waals surface area contributed by atoms with Gasteiger partial charge >= 0.3 is 0 Å². The summed E-state index contributed by atoms with van der Waals surface area (Å²) < 4.78 is 48.7. The van der Waals surface area contributed by atoms with E-state index in [2.05, 4.69) is 5.32 Å². The number of halogens is 3. The minimum atomic E-state index is -4.39. The first-order valence-electron chi connectivity index (χ1n) is 16.1. The number of nitrogens with one attached hydrogen (secondary N) is 1. The number of hydrogen-bond acceptors (Lipinski definition) is 5. The molecule has 1 saturated carbocycles. The van der Waals surface area contributed by atoms with E-state index in [1.165, 1.54) is 17.0 Å². The SMILES string of the molecule is CCOc1ccc(N(CC(=O)N(Cc2ccc(Cl)c(Cl)c2)[C@H](Cc2ccccc2)C(=O)NC2CCCC2)S(=O)(=O)c2ccc(F)cc2)cc1. The lowest BCUT2D eigenvalue weighted by atomic mass is 10.0. The summed E-state index contributed by atoms with van der Waals surface area (Å²) in [6.07, 6.45) is 3.86. The summed E-state index contributed by atoms with van der Waals surface area (Å²) in [5.74, 6) is -1.05. The van der Waals surface area contributed by atoms with Crippen LogP contribution in [-0.4, -0.2) is 50.4 Å². The maximum absolute atomic E-state index is 14.7. The summed E-state index contributed by atoms with van der Waals surface area (Å²) >= 11 is 12.6. The van der Waals surface area contributed by atoms with E-state index in [9.17, 15) is 22.4 Å². The molecule has 258 valence electrons. The lowest BCUT2D eigenvalue weighted by molar-refractivity contribution is -0.140. The van der Waals surface area contributed by atoms with Crippen LogP contribution in [0.1, 0.15) is 43.7 Å². The predicted octanol–water partition coefficient (Wildman–Crippen LogP) is 7.43. The molecule has 49 heavy (non-hydrogen) atoms. The van der Waals surface area contributed by atoms with E-state index in [0.29, 0.717) is 22.9 Å². The highest BCUT2D eigenvalue weighted by molar-refractivity contribution is 7.92. The molecule has 0 aromatic heterocycles. The van der Waals surface area contributed by atoms with Gasteiger partial charge in [0.15, 0.2) is 0 Å². The van der Waals surface area contributed by atoms with Gasteiger partial charge in [-0.1, -0.05) is 72.4 Å². The van der Waals surface area contributed by atoms with Gasteiger partial charge in [0.1, 0.15) is 24.2 Å². The van der Waals surface area contributed by atoms with E-state index >= 15 is 0 Å². The Labute approximate surface area is 296 Å².